The van der Waals surface area contributed by atoms with Crippen LogP contribution >= 0.6 is 15.9 Å². The minimum atomic E-state index is -0.312. The van der Waals surface area contributed by atoms with Crippen LogP contribution in [-0.2, 0) is 13.2 Å². The van der Waals surface area contributed by atoms with Gasteiger partial charge in [-0.25, -0.2) is 0 Å². The zero-order chi connectivity index (χ0) is 17.2. The molecule has 4 nitrogen and oxygen atoms in total. The average molecular weight is 393 g/mol. The SMILES string of the molecule is CC(O)CNCCNCc1cc(Br)ccc1OCc1ccccc1. The second kappa shape index (κ2) is 10.5. The van der Waals surface area contributed by atoms with E-state index < -0.39 is 0 Å². The Morgan fingerprint density at radius 3 is 2.58 bits per heavy atom. The molecule has 0 aliphatic heterocycles. The quantitative estimate of drug-likeness (QED) is 0.543. The van der Waals surface area contributed by atoms with Crippen LogP contribution in [0.1, 0.15) is 18.1 Å². The Bertz CT molecular complexity index is 606. The normalized spacial score (nSPS) is 12.1. The van der Waals surface area contributed by atoms with Crippen molar-refractivity contribution in [3.8, 4) is 5.75 Å². The maximum absolute atomic E-state index is 9.20. The van der Waals surface area contributed by atoms with E-state index in [1.54, 1.807) is 6.92 Å². The third-order valence-electron chi connectivity index (χ3n) is 3.49. The van der Waals surface area contributed by atoms with Gasteiger partial charge in [0.25, 0.3) is 0 Å². The van der Waals surface area contributed by atoms with Gasteiger partial charge in [0.15, 0.2) is 0 Å². The van der Waals surface area contributed by atoms with E-state index >= 15 is 0 Å². The highest BCUT2D eigenvalue weighted by Gasteiger charge is 2.05. The van der Waals surface area contributed by atoms with Crippen molar-refractivity contribution in [3.63, 3.8) is 0 Å². The molecule has 0 aliphatic carbocycles. The van der Waals surface area contributed by atoms with Crippen molar-refractivity contribution < 1.29 is 9.84 Å². The maximum Gasteiger partial charge on any atom is 0.124 e. The molecule has 0 spiro atoms. The van der Waals surface area contributed by atoms with Crippen molar-refractivity contribution in [3.05, 3.63) is 64.1 Å². The van der Waals surface area contributed by atoms with E-state index in [1.807, 2.05) is 30.3 Å². The molecule has 0 fully saturated rings. The van der Waals surface area contributed by atoms with Gasteiger partial charge in [0.2, 0.25) is 0 Å². The van der Waals surface area contributed by atoms with Crippen LogP contribution in [0.4, 0.5) is 0 Å². The molecule has 0 aliphatic rings. The van der Waals surface area contributed by atoms with Crippen molar-refractivity contribution >= 4 is 15.9 Å². The van der Waals surface area contributed by atoms with Gasteiger partial charge in [0.1, 0.15) is 12.4 Å². The monoisotopic (exact) mass is 392 g/mol. The highest BCUT2D eigenvalue weighted by atomic mass is 79.9. The van der Waals surface area contributed by atoms with Gasteiger partial charge in [-0.15, -0.1) is 0 Å². The van der Waals surface area contributed by atoms with Crippen molar-refractivity contribution in [2.24, 2.45) is 0 Å². The number of hydrogen-bond donors (Lipinski definition) is 3. The third kappa shape index (κ3) is 7.01. The van der Waals surface area contributed by atoms with Crippen LogP contribution in [-0.4, -0.2) is 30.8 Å². The summed E-state index contributed by atoms with van der Waals surface area (Å²) in [7, 11) is 0. The summed E-state index contributed by atoms with van der Waals surface area (Å²) >= 11 is 3.52. The first-order chi connectivity index (χ1) is 11.6. The fraction of sp³-hybridized carbons (Fsp3) is 0.368. The molecule has 24 heavy (non-hydrogen) atoms. The van der Waals surface area contributed by atoms with Gasteiger partial charge in [0, 0.05) is 36.2 Å². The summed E-state index contributed by atoms with van der Waals surface area (Å²) in [6.45, 7) is 5.34. The Labute approximate surface area is 152 Å². The first-order valence-corrected chi connectivity index (χ1v) is 8.99. The number of ether oxygens (including phenoxy) is 1. The standard InChI is InChI=1S/C19H25BrN2O2/c1-15(23)12-21-9-10-22-13-17-11-18(20)7-8-19(17)24-14-16-5-3-2-4-6-16/h2-8,11,15,21-23H,9-10,12-14H2,1H3. The predicted octanol–water partition coefficient (Wildman–Crippen LogP) is 3.09. The minimum Gasteiger partial charge on any atom is -0.489 e. The van der Waals surface area contributed by atoms with Gasteiger partial charge < -0.3 is 20.5 Å². The van der Waals surface area contributed by atoms with E-state index in [-0.39, 0.29) is 6.10 Å². The smallest absolute Gasteiger partial charge is 0.124 e. The van der Waals surface area contributed by atoms with Gasteiger partial charge in [-0.05, 0) is 30.7 Å². The summed E-state index contributed by atoms with van der Waals surface area (Å²) in [5.74, 6) is 0.895. The van der Waals surface area contributed by atoms with Gasteiger partial charge >= 0.3 is 0 Å². The van der Waals surface area contributed by atoms with Crippen LogP contribution in [0.2, 0.25) is 0 Å². The fourth-order valence-electron chi connectivity index (χ4n) is 2.27. The molecular weight excluding hydrogens is 368 g/mol. The molecule has 1 atom stereocenters. The van der Waals surface area contributed by atoms with E-state index in [2.05, 4.69) is 44.8 Å². The van der Waals surface area contributed by atoms with Gasteiger partial charge in [0.05, 0.1) is 6.10 Å². The molecule has 130 valence electrons. The van der Waals surface area contributed by atoms with E-state index in [4.69, 9.17) is 4.74 Å². The Morgan fingerprint density at radius 2 is 1.83 bits per heavy atom. The van der Waals surface area contributed by atoms with Crippen molar-refractivity contribution in [1.29, 1.82) is 0 Å². The lowest BCUT2D eigenvalue weighted by atomic mass is 10.2. The van der Waals surface area contributed by atoms with Crippen LogP contribution in [0.15, 0.2) is 53.0 Å². The number of rotatable bonds is 10. The van der Waals surface area contributed by atoms with E-state index in [0.29, 0.717) is 13.2 Å². The molecule has 1 unspecified atom stereocenters. The van der Waals surface area contributed by atoms with Crippen LogP contribution in [0.25, 0.3) is 0 Å². The molecule has 0 heterocycles. The third-order valence-corrected chi connectivity index (χ3v) is 3.99. The summed E-state index contributed by atoms with van der Waals surface area (Å²) < 4.78 is 7.02. The molecule has 2 aromatic carbocycles. The predicted molar refractivity (Wildman–Crippen MR) is 101 cm³/mol. The molecule has 0 saturated heterocycles. The topological polar surface area (TPSA) is 53.5 Å². The van der Waals surface area contributed by atoms with Crippen molar-refractivity contribution in [2.45, 2.75) is 26.2 Å². The first-order valence-electron chi connectivity index (χ1n) is 8.20. The molecule has 0 radical (unpaired) electrons. The van der Waals surface area contributed by atoms with Crippen LogP contribution in [0.5, 0.6) is 5.75 Å². The van der Waals surface area contributed by atoms with E-state index in [9.17, 15) is 5.11 Å². The van der Waals surface area contributed by atoms with Crippen molar-refractivity contribution in [1.82, 2.24) is 10.6 Å². The largest absolute Gasteiger partial charge is 0.489 e. The first kappa shape index (κ1) is 18.9. The number of hydrogen-bond acceptors (Lipinski definition) is 4. The average Bonchev–Trinajstić information content (AvgIpc) is 2.58. The Kier molecular flexibility index (Phi) is 8.25. The number of benzene rings is 2. The van der Waals surface area contributed by atoms with E-state index in [1.165, 1.54) is 0 Å². The molecule has 0 aromatic heterocycles. The maximum atomic E-state index is 9.20. The Morgan fingerprint density at radius 1 is 1.08 bits per heavy atom. The van der Waals surface area contributed by atoms with Gasteiger partial charge in [-0.2, -0.15) is 0 Å². The van der Waals surface area contributed by atoms with Gasteiger partial charge in [-0.3, -0.25) is 0 Å². The van der Waals surface area contributed by atoms with Gasteiger partial charge in [-0.1, -0.05) is 46.3 Å². The summed E-state index contributed by atoms with van der Waals surface area (Å²) in [5.41, 5.74) is 2.28. The lowest BCUT2D eigenvalue weighted by Crippen LogP contribution is -2.31. The molecule has 0 saturated carbocycles. The van der Waals surface area contributed by atoms with Crippen LogP contribution in [0, 0.1) is 0 Å². The summed E-state index contributed by atoms with van der Waals surface area (Å²) in [6.07, 6.45) is -0.312. The summed E-state index contributed by atoms with van der Waals surface area (Å²) in [5, 5.41) is 15.8. The number of aliphatic hydroxyl groups excluding tert-OH is 1. The number of aliphatic hydroxyl groups is 1. The molecule has 2 rings (SSSR count). The van der Waals surface area contributed by atoms with Crippen LogP contribution in [0.3, 0.4) is 0 Å². The molecule has 0 amide bonds. The summed E-state index contributed by atoms with van der Waals surface area (Å²) in [4.78, 5) is 0. The van der Waals surface area contributed by atoms with E-state index in [0.717, 1.165) is 41.0 Å². The number of halogens is 1. The highest BCUT2D eigenvalue weighted by Crippen LogP contribution is 2.24. The lowest BCUT2D eigenvalue weighted by molar-refractivity contribution is 0.191. The minimum absolute atomic E-state index is 0.312. The zero-order valence-corrected chi connectivity index (χ0v) is 15.6. The van der Waals surface area contributed by atoms with Crippen LogP contribution < -0.4 is 15.4 Å². The second-order valence-corrected chi connectivity index (χ2v) is 6.67. The Hall–Kier alpha value is -1.40. The molecule has 5 heteroatoms. The Balaban J connectivity index is 1.83. The molecule has 3 N–H and O–H groups in total. The van der Waals surface area contributed by atoms with Crippen molar-refractivity contribution in [2.75, 3.05) is 19.6 Å². The molecular formula is C19H25BrN2O2. The fourth-order valence-corrected chi connectivity index (χ4v) is 2.68. The summed E-state index contributed by atoms with van der Waals surface area (Å²) in [6, 6.07) is 16.2. The lowest BCUT2D eigenvalue weighted by Gasteiger charge is -2.13. The second-order valence-electron chi connectivity index (χ2n) is 5.76. The highest BCUT2D eigenvalue weighted by molar-refractivity contribution is 9.10. The molecule has 2 aromatic rings. The zero-order valence-electron chi connectivity index (χ0n) is 14.0. The molecule has 0 bridgehead atoms. The number of nitrogens with one attached hydrogen (secondary N) is 2.